The first-order valence-electron chi connectivity index (χ1n) is 4.61. The van der Waals surface area contributed by atoms with E-state index in [0.717, 1.165) is 19.3 Å². The maximum absolute atomic E-state index is 11.7. The molecule has 0 bridgehead atoms. The molecule has 0 unspecified atom stereocenters. The molecule has 2 nitrogen and oxygen atoms in total. The largest absolute Gasteiger partial charge is 0.441 e. The Labute approximate surface area is 85.3 Å². The van der Waals surface area contributed by atoms with Gasteiger partial charge in [0.2, 0.25) is 0 Å². The number of hydrogen-bond acceptors (Lipinski definition) is 3. The lowest BCUT2D eigenvalue weighted by Gasteiger charge is -2.16. The van der Waals surface area contributed by atoms with Crippen LogP contribution in [0.25, 0.3) is 0 Å². The van der Waals surface area contributed by atoms with Crippen molar-refractivity contribution in [2.75, 3.05) is 12.3 Å². The van der Waals surface area contributed by atoms with E-state index in [1.165, 1.54) is 0 Å². The van der Waals surface area contributed by atoms with E-state index >= 15 is 0 Å². The standard InChI is InChI=1S/C8H14F3NOS/c9-8(10,11)14-5-4-12-6-2-1-3-7(6)13/h6-7,12-13H,1-5H2/t6-,7-/m0/s1. The van der Waals surface area contributed by atoms with Gasteiger partial charge in [0.1, 0.15) is 0 Å². The summed E-state index contributed by atoms with van der Waals surface area (Å²) in [6, 6.07) is -0.0103. The third-order valence-electron chi connectivity index (χ3n) is 2.25. The Morgan fingerprint density at radius 1 is 1.36 bits per heavy atom. The van der Waals surface area contributed by atoms with Gasteiger partial charge in [-0.1, -0.05) is 0 Å². The predicted molar refractivity (Wildman–Crippen MR) is 50.2 cm³/mol. The molecule has 1 rings (SSSR count). The first-order valence-corrected chi connectivity index (χ1v) is 5.60. The Kier molecular flexibility index (Phi) is 4.53. The fraction of sp³-hybridized carbons (Fsp3) is 1.00. The monoisotopic (exact) mass is 229 g/mol. The minimum Gasteiger partial charge on any atom is -0.392 e. The molecule has 0 aromatic carbocycles. The summed E-state index contributed by atoms with van der Waals surface area (Å²) in [5.41, 5.74) is -4.14. The smallest absolute Gasteiger partial charge is 0.392 e. The van der Waals surface area contributed by atoms with E-state index in [-0.39, 0.29) is 29.7 Å². The molecule has 2 atom stereocenters. The van der Waals surface area contributed by atoms with Crippen molar-refractivity contribution in [1.29, 1.82) is 0 Å². The van der Waals surface area contributed by atoms with Crippen LogP contribution >= 0.6 is 11.8 Å². The van der Waals surface area contributed by atoms with Crippen molar-refractivity contribution in [3.05, 3.63) is 0 Å². The first kappa shape index (κ1) is 12.1. The number of rotatable bonds is 4. The Bertz CT molecular complexity index is 176. The summed E-state index contributed by atoms with van der Waals surface area (Å²) < 4.78 is 35.2. The molecule has 0 amide bonds. The van der Waals surface area contributed by atoms with E-state index in [0.29, 0.717) is 6.54 Å². The molecule has 1 aliphatic carbocycles. The van der Waals surface area contributed by atoms with Crippen molar-refractivity contribution in [2.24, 2.45) is 0 Å². The summed E-state index contributed by atoms with van der Waals surface area (Å²) in [7, 11) is 0. The molecule has 0 aromatic heterocycles. The second kappa shape index (κ2) is 5.23. The van der Waals surface area contributed by atoms with Crippen molar-refractivity contribution in [3.63, 3.8) is 0 Å². The van der Waals surface area contributed by atoms with Crippen molar-refractivity contribution in [2.45, 2.75) is 36.9 Å². The molecule has 0 spiro atoms. The van der Waals surface area contributed by atoms with Crippen molar-refractivity contribution in [3.8, 4) is 0 Å². The molecule has 6 heteroatoms. The van der Waals surface area contributed by atoms with Gasteiger partial charge in [0.25, 0.3) is 0 Å². The molecule has 0 heterocycles. The molecule has 14 heavy (non-hydrogen) atoms. The summed E-state index contributed by atoms with van der Waals surface area (Å²) >= 11 is -0.0260. The molecule has 0 saturated heterocycles. The van der Waals surface area contributed by atoms with E-state index in [4.69, 9.17) is 0 Å². The first-order chi connectivity index (χ1) is 6.49. The number of halogens is 3. The van der Waals surface area contributed by atoms with E-state index in [2.05, 4.69) is 5.32 Å². The average Bonchev–Trinajstić information content (AvgIpc) is 2.44. The zero-order chi connectivity index (χ0) is 10.6. The number of aliphatic hydroxyl groups is 1. The van der Waals surface area contributed by atoms with Crippen LogP contribution in [0.3, 0.4) is 0 Å². The molecule has 84 valence electrons. The van der Waals surface area contributed by atoms with Crippen LogP contribution in [-0.2, 0) is 0 Å². The number of hydrogen-bond donors (Lipinski definition) is 2. The van der Waals surface area contributed by atoms with Gasteiger partial charge in [0.15, 0.2) is 0 Å². The highest BCUT2D eigenvalue weighted by atomic mass is 32.2. The van der Waals surface area contributed by atoms with E-state index in [1.807, 2.05) is 0 Å². The Morgan fingerprint density at radius 2 is 2.07 bits per heavy atom. The van der Waals surface area contributed by atoms with Gasteiger partial charge in [0.05, 0.1) is 6.10 Å². The maximum Gasteiger partial charge on any atom is 0.441 e. The lowest BCUT2D eigenvalue weighted by Crippen LogP contribution is -2.37. The van der Waals surface area contributed by atoms with Crippen molar-refractivity contribution in [1.82, 2.24) is 5.32 Å². The molecular weight excluding hydrogens is 215 g/mol. The molecule has 1 fully saturated rings. The van der Waals surface area contributed by atoms with Crippen LogP contribution in [0.5, 0.6) is 0 Å². The highest BCUT2D eigenvalue weighted by Crippen LogP contribution is 2.29. The lowest BCUT2D eigenvalue weighted by atomic mass is 10.2. The van der Waals surface area contributed by atoms with Gasteiger partial charge in [-0.2, -0.15) is 13.2 Å². The highest BCUT2D eigenvalue weighted by molar-refractivity contribution is 8.00. The molecule has 1 aliphatic rings. The minimum atomic E-state index is -4.14. The number of alkyl halides is 3. The van der Waals surface area contributed by atoms with Gasteiger partial charge in [-0.05, 0) is 31.0 Å². The fourth-order valence-corrected chi connectivity index (χ4v) is 2.04. The minimum absolute atomic E-state index is 0.00667. The Balaban J connectivity index is 2.04. The fourth-order valence-electron chi connectivity index (χ4n) is 1.59. The summed E-state index contributed by atoms with van der Waals surface area (Å²) in [5, 5.41) is 12.3. The van der Waals surface area contributed by atoms with Crippen LogP contribution in [0.1, 0.15) is 19.3 Å². The van der Waals surface area contributed by atoms with Gasteiger partial charge in [-0.3, -0.25) is 0 Å². The Morgan fingerprint density at radius 3 is 2.57 bits per heavy atom. The quantitative estimate of drug-likeness (QED) is 0.720. The van der Waals surface area contributed by atoms with E-state index in [1.54, 1.807) is 0 Å². The number of aliphatic hydroxyl groups excluding tert-OH is 1. The molecule has 0 aliphatic heterocycles. The number of thioether (sulfide) groups is 1. The molecule has 0 aromatic rings. The third kappa shape index (κ3) is 4.52. The third-order valence-corrected chi connectivity index (χ3v) is 2.99. The SMILES string of the molecule is O[C@H]1CCC[C@@H]1NCCSC(F)(F)F. The summed E-state index contributed by atoms with van der Waals surface area (Å²) in [6.45, 7) is 0.298. The summed E-state index contributed by atoms with van der Waals surface area (Å²) in [5.74, 6) is 0.00667. The second-order valence-electron chi connectivity index (χ2n) is 3.35. The van der Waals surface area contributed by atoms with Crippen LogP contribution in [0, 0.1) is 0 Å². The molecule has 1 saturated carbocycles. The van der Waals surface area contributed by atoms with Gasteiger partial charge in [0, 0.05) is 18.3 Å². The van der Waals surface area contributed by atoms with Crippen LogP contribution in [0.15, 0.2) is 0 Å². The molecular formula is C8H14F3NOS. The Hall–Kier alpha value is 0.0600. The summed E-state index contributed by atoms with van der Waals surface area (Å²) in [4.78, 5) is 0. The lowest BCUT2D eigenvalue weighted by molar-refractivity contribution is -0.0327. The highest BCUT2D eigenvalue weighted by Gasteiger charge is 2.28. The van der Waals surface area contributed by atoms with E-state index in [9.17, 15) is 18.3 Å². The molecule has 0 radical (unpaired) electrons. The van der Waals surface area contributed by atoms with Gasteiger partial charge in [-0.15, -0.1) is 0 Å². The van der Waals surface area contributed by atoms with Crippen LogP contribution < -0.4 is 5.32 Å². The van der Waals surface area contributed by atoms with Crippen molar-refractivity contribution < 1.29 is 18.3 Å². The van der Waals surface area contributed by atoms with Crippen LogP contribution in [-0.4, -0.2) is 35.1 Å². The van der Waals surface area contributed by atoms with Crippen LogP contribution in [0.4, 0.5) is 13.2 Å². The van der Waals surface area contributed by atoms with Crippen molar-refractivity contribution >= 4 is 11.8 Å². The summed E-state index contributed by atoms with van der Waals surface area (Å²) in [6.07, 6.45) is 2.18. The predicted octanol–water partition coefficient (Wildman–Crippen LogP) is 1.74. The normalized spacial score (nSPS) is 28.3. The van der Waals surface area contributed by atoms with Crippen LogP contribution in [0.2, 0.25) is 0 Å². The van der Waals surface area contributed by atoms with Gasteiger partial charge in [-0.25, -0.2) is 0 Å². The number of nitrogens with one attached hydrogen (secondary N) is 1. The van der Waals surface area contributed by atoms with Gasteiger partial charge >= 0.3 is 5.51 Å². The molecule has 2 N–H and O–H groups in total. The van der Waals surface area contributed by atoms with Gasteiger partial charge < -0.3 is 10.4 Å². The zero-order valence-corrected chi connectivity index (χ0v) is 8.50. The van der Waals surface area contributed by atoms with E-state index < -0.39 is 5.51 Å². The zero-order valence-electron chi connectivity index (χ0n) is 7.68. The average molecular weight is 229 g/mol. The second-order valence-corrected chi connectivity index (χ2v) is 4.51. The topological polar surface area (TPSA) is 32.3 Å². The maximum atomic E-state index is 11.7.